The number of rotatable bonds is 1. The standard InChI is InChI=1S/C5H12.C3H9N/c1-4-5(2)3;1-3(2)4/h5H,4H2,1-3H3;3H,4H2,1-2H3. The molecule has 9 heavy (non-hydrogen) atoms. The Morgan fingerprint density at radius 3 is 1.22 bits per heavy atom. The van der Waals surface area contributed by atoms with Crippen molar-refractivity contribution >= 4 is 0 Å². The Bertz CT molecular complexity index is 37.1. The van der Waals surface area contributed by atoms with E-state index >= 15 is 0 Å². The minimum Gasteiger partial charge on any atom is -0.328 e. The molecule has 0 aromatic carbocycles. The quantitative estimate of drug-likeness (QED) is 0.581. The van der Waals surface area contributed by atoms with Crippen LogP contribution < -0.4 is 5.73 Å². The van der Waals surface area contributed by atoms with Crippen LogP contribution in [-0.2, 0) is 0 Å². The minimum atomic E-state index is 0.333. The summed E-state index contributed by atoms with van der Waals surface area (Å²) in [7, 11) is 0. The first-order valence-corrected chi connectivity index (χ1v) is 3.76. The highest BCUT2D eigenvalue weighted by Gasteiger charge is 1.80. The van der Waals surface area contributed by atoms with Gasteiger partial charge in [0.2, 0.25) is 0 Å². The van der Waals surface area contributed by atoms with Crippen LogP contribution in [0.2, 0.25) is 0 Å². The fourth-order valence-electron chi connectivity index (χ4n) is 0. The highest BCUT2D eigenvalue weighted by atomic mass is 14.6. The van der Waals surface area contributed by atoms with Crippen molar-refractivity contribution in [2.45, 2.75) is 47.1 Å². The van der Waals surface area contributed by atoms with Crippen molar-refractivity contribution in [2.24, 2.45) is 11.7 Å². The molecule has 0 unspecified atom stereocenters. The average Bonchev–Trinajstić information content (AvgIpc) is 1.65. The molecule has 0 aromatic heterocycles. The lowest BCUT2D eigenvalue weighted by Gasteiger charge is -1.90. The molecule has 0 bridgehead atoms. The van der Waals surface area contributed by atoms with E-state index in [0.717, 1.165) is 5.92 Å². The van der Waals surface area contributed by atoms with Crippen LogP contribution in [0.3, 0.4) is 0 Å². The molecular formula is C8H21N. The Morgan fingerprint density at radius 1 is 1.11 bits per heavy atom. The Kier molecular flexibility index (Phi) is 10.4. The van der Waals surface area contributed by atoms with E-state index in [0.29, 0.717) is 6.04 Å². The Hall–Kier alpha value is -0.0400. The van der Waals surface area contributed by atoms with Crippen LogP contribution in [-0.4, -0.2) is 6.04 Å². The molecule has 0 heterocycles. The molecular weight excluding hydrogens is 110 g/mol. The maximum absolute atomic E-state index is 5.11. The Labute approximate surface area is 59.6 Å². The molecule has 0 atom stereocenters. The van der Waals surface area contributed by atoms with Gasteiger partial charge in [0.05, 0.1) is 0 Å². The fraction of sp³-hybridized carbons (Fsp3) is 1.00. The summed E-state index contributed by atoms with van der Waals surface area (Å²) in [5.41, 5.74) is 5.11. The van der Waals surface area contributed by atoms with Gasteiger partial charge >= 0.3 is 0 Å². The molecule has 0 aliphatic rings. The molecule has 0 aliphatic carbocycles. The van der Waals surface area contributed by atoms with Crippen molar-refractivity contribution in [3.05, 3.63) is 0 Å². The first-order valence-electron chi connectivity index (χ1n) is 3.76. The van der Waals surface area contributed by atoms with Gasteiger partial charge in [-0.15, -0.1) is 0 Å². The van der Waals surface area contributed by atoms with Crippen LogP contribution in [0.1, 0.15) is 41.0 Å². The van der Waals surface area contributed by atoms with Gasteiger partial charge in [-0.1, -0.05) is 41.0 Å². The van der Waals surface area contributed by atoms with E-state index in [1.165, 1.54) is 6.42 Å². The summed E-state index contributed by atoms with van der Waals surface area (Å²) in [6, 6.07) is 0.333. The van der Waals surface area contributed by atoms with Gasteiger partial charge in [0.15, 0.2) is 0 Å². The van der Waals surface area contributed by atoms with Gasteiger partial charge in [-0.25, -0.2) is 0 Å². The lowest BCUT2D eigenvalue weighted by molar-refractivity contribution is 0.626. The van der Waals surface area contributed by atoms with Gasteiger partial charge in [0.1, 0.15) is 0 Å². The number of hydrogen-bond acceptors (Lipinski definition) is 1. The first-order chi connectivity index (χ1) is 4.00. The van der Waals surface area contributed by atoms with Crippen LogP contribution in [0.15, 0.2) is 0 Å². The summed E-state index contributed by atoms with van der Waals surface area (Å²) < 4.78 is 0. The van der Waals surface area contributed by atoms with Crippen molar-refractivity contribution in [2.75, 3.05) is 0 Å². The van der Waals surface area contributed by atoms with Gasteiger partial charge in [-0.3, -0.25) is 0 Å². The maximum Gasteiger partial charge on any atom is -0.00179 e. The van der Waals surface area contributed by atoms with Crippen molar-refractivity contribution in [3.8, 4) is 0 Å². The summed E-state index contributed by atoms with van der Waals surface area (Å²) in [6.07, 6.45) is 1.31. The predicted molar refractivity (Wildman–Crippen MR) is 44.5 cm³/mol. The summed E-state index contributed by atoms with van der Waals surface area (Å²) in [6.45, 7) is 10.5. The van der Waals surface area contributed by atoms with Gasteiger partial charge in [-0.05, 0) is 12.0 Å². The van der Waals surface area contributed by atoms with Crippen LogP contribution >= 0.6 is 0 Å². The molecule has 1 heteroatoms. The largest absolute Gasteiger partial charge is 0.328 e. The summed E-state index contributed by atoms with van der Waals surface area (Å²) in [5, 5.41) is 0. The first kappa shape index (κ1) is 11.7. The summed E-state index contributed by atoms with van der Waals surface area (Å²) in [5.74, 6) is 0.884. The average molecular weight is 131 g/mol. The summed E-state index contributed by atoms with van der Waals surface area (Å²) in [4.78, 5) is 0. The molecule has 0 spiro atoms. The second kappa shape index (κ2) is 7.96. The van der Waals surface area contributed by atoms with E-state index in [1.807, 2.05) is 13.8 Å². The smallest absolute Gasteiger partial charge is 0.00179 e. The molecule has 0 saturated carbocycles. The summed E-state index contributed by atoms with van der Waals surface area (Å²) >= 11 is 0. The lowest BCUT2D eigenvalue weighted by Crippen LogP contribution is -2.06. The van der Waals surface area contributed by atoms with Crippen LogP contribution in [0.4, 0.5) is 0 Å². The molecule has 0 saturated heterocycles. The van der Waals surface area contributed by atoms with E-state index in [-0.39, 0.29) is 0 Å². The molecule has 0 fully saturated rings. The molecule has 58 valence electrons. The van der Waals surface area contributed by atoms with E-state index in [4.69, 9.17) is 5.73 Å². The third kappa shape index (κ3) is 73.6. The zero-order valence-corrected chi connectivity index (χ0v) is 7.44. The lowest BCUT2D eigenvalue weighted by atomic mass is 10.2. The third-order valence-electron chi connectivity index (χ3n) is 0.816. The highest BCUT2D eigenvalue weighted by molar-refractivity contribution is 4.33. The second-order valence-electron chi connectivity index (χ2n) is 3.05. The zero-order valence-electron chi connectivity index (χ0n) is 7.44. The Balaban J connectivity index is 0. The van der Waals surface area contributed by atoms with Crippen molar-refractivity contribution in [1.29, 1.82) is 0 Å². The van der Waals surface area contributed by atoms with Gasteiger partial charge in [0.25, 0.3) is 0 Å². The van der Waals surface area contributed by atoms with Crippen LogP contribution in [0.25, 0.3) is 0 Å². The minimum absolute atomic E-state index is 0.333. The zero-order chi connectivity index (χ0) is 7.86. The molecule has 0 aliphatic heterocycles. The van der Waals surface area contributed by atoms with E-state index in [2.05, 4.69) is 20.8 Å². The maximum atomic E-state index is 5.11. The SMILES string of the molecule is CC(C)N.CCC(C)C. The van der Waals surface area contributed by atoms with Crippen molar-refractivity contribution in [1.82, 2.24) is 0 Å². The molecule has 0 radical (unpaired) electrons. The predicted octanol–water partition coefficient (Wildman–Crippen LogP) is 2.41. The number of hydrogen-bond donors (Lipinski definition) is 1. The normalized spacial score (nSPS) is 9.33. The monoisotopic (exact) mass is 131 g/mol. The van der Waals surface area contributed by atoms with Gasteiger partial charge in [0, 0.05) is 0 Å². The van der Waals surface area contributed by atoms with Crippen molar-refractivity contribution in [3.63, 3.8) is 0 Å². The number of nitrogens with two attached hydrogens (primary N) is 1. The third-order valence-corrected chi connectivity index (χ3v) is 0.816. The van der Waals surface area contributed by atoms with Crippen molar-refractivity contribution < 1.29 is 0 Å². The molecule has 0 rings (SSSR count). The molecule has 2 N–H and O–H groups in total. The van der Waals surface area contributed by atoms with E-state index in [9.17, 15) is 0 Å². The van der Waals surface area contributed by atoms with E-state index < -0.39 is 0 Å². The fourth-order valence-corrected chi connectivity index (χ4v) is 0. The Morgan fingerprint density at radius 2 is 1.22 bits per heavy atom. The molecule has 0 amide bonds. The molecule has 1 nitrogen and oxygen atoms in total. The second-order valence-corrected chi connectivity index (χ2v) is 3.05. The molecule has 0 aromatic rings. The van der Waals surface area contributed by atoms with E-state index in [1.54, 1.807) is 0 Å². The van der Waals surface area contributed by atoms with Crippen LogP contribution in [0.5, 0.6) is 0 Å². The highest BCUT2D eigenvalue weighted by Crippen LogP contribution is 1.93. The van der Waals surface area contributed by atoms with Crippen LogP contribution in [0, 0.1) is 5.92 Å². The van der Waals surface area contributed by atoms with Gasteiger partial charge < -0.3 is 5.73 Å². The topological polar surface area (TPSA) is 26.0 Å². The van der Waals surface area contributed by atoms with Gasteiger partial charge in [-0.2, -0.15) is 0 Å².